The molecule has 3 aliphatic heterocycles. The van der Waals surface area contributed by atoms with Crippen LogP contribution in [0.2, 0.25) is 5.02 Å². The molecular weight excluding hydrogens is 1080 g/mol. The van der Waals surface area contributed by atoms with Crippen molar-refractivity contribution in [2.45, 2.75) is 71.8 Å². The lowest BCUT2D eigenvalue weighted by Crippen LogP contribution is -2.49. The average Bonchev–Trinajstić information content (AvgIpc) is 3.40. The third-order valence-corrected chi connectivity index (χ3v) is 19.1. The van der Waals surface area contributed by atoms with Crippen LogP contribution in [0.3, 0.4) is 0 Å². The summed E-state index contributed by atoms with van der Waals surface area (Å²) in [6, 6.07) is 29.9. The highest BCUT2D eigenvalue weighted by Gasteiger charge is 2.48. The monoisotopic (exact) mass is 1140 g/mol. The Hall–Kier alpha value is -4.70. The van der Waals surface area contributed by atoms with E-state index in [0.29, 0.717) is 36.4 Å². The van der Waals surface area contributed by atoms with Gasteiger partial charge >= 0.3 is 5.51 Å². The molecule has 5 aromatic rings. The van der Waals surface area contributed by atoms with E-state index in [-0.39, 0.29) is 23.4 Å². The summed E-state index contributed by atoms with van der Waals surface area (Å²) in [5.41, 5.74) is 1.07. The van der Waals surface area contributed by atoms with E-state index in [0.717, 1.165) is 132 Å². The van der Waals surface area contributed by atoms with Gasteiger partial charge in [0.1, 0.15) is 4.90 Å². The van der Waals surface area contributed by atoms with Crippen molar-refractivity contribution < 1.29 is 34.8 Å². The fourth-order valence-corrected chi connectivity index (χ4v) is 13.9. The summed E-state index contributed by atoms with van der Waals surface area (Å²) in [6.45, 7) is 13.5. The van der Waals surface area contributed by atoms with Gasteiger partial charge in [0.15, 0.2) is 0 Å². The second kappa shape index (κ2) is 25.0. The average molecular weight is 1140 g/mol. The van der Waals surface area contributed by atoms with Crippen molar-refractivity contribution in [3.05, 3.63) is 148 Å². The van der Waals surface area contributed by atoms with E-state index in [1.54, 1.807) is 18.3 Å². The molecule has 4 aromatic carbocycles. The number of sulfone groups is 1. The number of carbonyl (C=O) groups is 1. The predicted octanol–water partition coefficient (Wildman–Crippen LogP) is 9.26. The van der Waals surface area contributed by atoms with Crippen LogP contribution in [0.5, 0.6) is 0 Å². The van der Waals surface area contributed by atoms with Crippen LogP contribution in [0.25, 0.3) is 5.57 Å². The van der Waals surface area contributed by atoms with E-state index in [9.17, 15) is 34.8 Å². The molecule has 2 atom stereocenters. The van der Waals surface area contributed by atoms with Crippen LogP contribution >= 0.6 is 35.8 Å². The maximum absolute atomic E-state index is 14.4. The number of nitrogens with zero attached hydrogens (tertiary/aromatic N) is 5. The number of anilines is 2. The van der Waals surface area contributed by atoms with Crippen molar-refractivity contribution in [3.8, 4) is 0 Å². The second-order valence-corrected chi connectivity index (χ2v) is 25.5. The van der Waals surface area contributed by atoms with Gasteiger partial charge < -0.3 is 20.4 Å². The number of hydrogen-bond donors (Lipinski definition) is 3. The Balaban J connectivity index is 0.00000765. The van der Waals surface area contributed by atoms with Gasteiger partial charge in [-0.25, -0.2) is 21.6 Å². The topological polar surface area (TPSA) is 147 Å². The Morgan fingerprint density at radius 1 is 0.842 bits per heavy atom. The molecule has 13 nitrogen and oxygen atoms in total. The lowest BCUT2D eigenvalue weighted by Gasteiger charge is -2.43. The Morgan fingerprint density at radius 3 is 2.28 bits per heavy atom. The summed E-state index contributed by atoms with van der Waals surface area (Å²) in [5.74, 6) is -0.672. The van der Waals surface area contributed by atoms with E-state index in [4.69, 9.17) is 11.6 Å². The number of aromatic nitrogens is 1. The van der Waals surface area contributed by atoms with E-state index >= 15 is 0 Å². The highest BCUT2D eigenvalue weighted by Crippen LogP contribution is 2.44. The molecule has 1 aliphatic carbocycles. The minimum atomic E-state index is -6.09. The lowest BCUT2D eigenvalue weighted by atomic mass is 9.71. The van der Waals surface area contributed by atoms with Crippen LogP contribution in [0.15, 0.2) is 136 Å². The first-order valence-corrected chi connectivity index (χ1v) is 29.8. The maximum Gasteiger partial charge on any atom is 0.501 e. The normalized spacial score (nSPS) is 19.6. The van der Waals surface area contributed by atoms with Crippen molar-refractivity contribution in [2.75, 3.05) is 94.5 Å². The molecule has 76 heavy (non-hydrogen) atoms. The van der Waals surface area contributed by atoms with Crippen LogP contribution < -0.4 is 20.3 Å². The van der Waals surface area contributed by atoms with E-state index in [1.807, 2.05) is 59.3 Å². The molecule has 2 saturated heterocycles. The van der Waals surface area contributed by atoms with E-state index in [2.05, 4.69) is 54.3 Å². The molecule has 1 amide bonds. The molecule has 9 rings (SSSR count). The summed E-state index contributed by atoms with van der Waals surface area (Å²) >= 11 is 7.75. The number of halogens is 5. The fraction of sp³-hybridized carbons (Fsp3) is 0.418. The molecule has 0 saturated carbocycles. The van der Waals surface area contributed by atoms with Crippen molar-refractivity contribution in [1.29, 1.82) is 0 Å². The summed E-state index contributed by atoms with van der Waals surface area (Å²) < 4.78 is 99.0. The number of rotatable bonds is 18. The number of amides is 1. The number of fused-ring (bicyclic) bond motifs is 1. The van der Waals surface area contributed by atoms with Gasteiger partial charge in [-0.2, -0.15) is 13.2 Å². The standard InChI is InChI=1S/C55H64ClF3N8O5S3.ClH/c1-54(39-66-28-24-60-25-29-66)22-19-49(40-9-13-44(56)14-10-40)43(35-54)36-65-30-32-67(33-31-65)46-15-11-42(12-16-46)53(68)63-75(71,72)48-17-18-50(52(34-48)74(69,70)55(57,58)59)62-45(38-73-47-7-3-2-4-8-47)21-27-64-26-20-41-6-5-23-61-51(41)37-64;/h2-18,23,34,45,60,62H,19-22,24-33,35-39H2,1H3,(H,63,68);1H/t45?,54-;/m1./s1. The summed E-state index contributed by atoms with van der Waals surface area (Å²) in [5, 5.41) is 7.22. The number of allylic oxidation sites excluding steroid dienone is 1. The number of nitrogens with one attached hydrogen (secondary N) is 3. The molecule has 3 N–H and O–H groups in total. The number of benzene rings is 4. The first-order valence-electron chi connectivity index (χ1n) is 25.5. The van der Waals surface area contributed by atoms with Gasteiger partial charge in [-0.05, 0) is 127 Å². The van der Waals surface area contributed by atoms with Crippen molar-refractivity contribution in [3.63, 3.8) is 0 Å². The van der Waals surface area contributed by atoms with Crippen LogP contribution in [-0.4, -0.2) is 138 Å². The predicted molar refractivity (Wildman–Crippen MR) is 299 cm³/mol. The first-order chi connectivity index (χ1) is 35.9. The highest BCUT2D eigenvalue weighted by molar-refractivity contribution is 7.99. The fourth-order valence-electron chi connectivity index (χ4n) is 10.7. The van der Waals surface area contributed by atoms with Crippen molar-refractivity contribution in [1.82, 2.24) is 29.7 Å². The zero-order valence-electron chi connectivity index (χ0n) is 42.4. The molecular formula is C55H65Cl2F3N8O5S3. The molecule has 0 spiro atoms. The Morgan fingerprint density at radius 2 is 1.57 bits per heavy atom. The SMILES string of the molecule is C[C@@]1(CN2CCNCC2)CCC(c2ccc(Cl)cc2)=C(CN2CCN(c3ccc(C(=O)NS(=O)(=O)c4ccc(NC(CCN5CCc6cccnc6C5)CSc5ccccc5)c(S(=O)(=O)C(F)(F)F)c4)cc3)CC2)C1.Cl. The number of hydrogen-bond acceptors (Lipinski definition) is 13. The molecule has 4 heterocycles. The smallest absolute Gasteiger partial charge is 0.380 e. The largest absolute Gasteiger partial charge is 0.501 e. The summed E-state index contributed by atoms with van der Waals surface area (Å²) in [4.78, 5) is 26.4. The van der Waals surface area contributed by atoms with Crippen LogP contribution in [0.1, 0.15) is 59.8 Å². The molecule has 2 fully saturated rings. The quantitative estimate of drug-likeness (QED) is 0.0718. The molecule has 408 valence electrons. The van der Waals surface area contributed by atoms with Gasteiger partial charge in [-0.1, -0.05) is 60.5 Å². The van der Waals surface area contributed by atoms with Gasteiger partial charge in [0.05, 0.1) is 16.3 Å². The first kappa shape index (κ1) is 57.5. The number of piperazine rings is 2. The van der Waals surface area contributed by atoms with Crippen molar-refractivity contribution >= 4 is 78.5 Å². The lowest BCUT2D eigenvalue weighted by molar-refractivity contribution is -0.0435. The van der Waals surface area contributed by atoms with Gasteiger partial charge in [0.25, 0.3) is 25.8 Å². The van der Waals surface area contributed by atoms with Gasteiger partial charge in [0.2, 0.25) is 0 Å². The molecule has 0 radical (unpaired) electrons. The minimum absolute atomic E-state index is 0. The molecule has 21 heteroatoms. The number of sulfonamides is 1. The third kappa shape index (κ3) is 14.3. The highest BCUT2D eigenvalue weighted by atomic mass is 35.5. The molecule has 1 unspecified atom stereocenters. The van der Waals surface area contributed by atoms with E-state index in [1.165, 1.54) is 40.6 Å². The summed E-state index contributed by atoms with van der Waals surface area (Å²) in [6.07, 6.45) is 6.09. The number of carbonyl (C=O) groups excluding carboxylic acids is 1. The number of thioether (sulfide) groups is 1. The Bertz CT molecular complexity index is 3060. The van der Waals surface area contributed by atoms with Gasteiger partial charge in [-0.3, -0.25) is 19.6 Å². The van der Waals surface area contributed by atoms with Gasteiger partial charge in [-0.15, -0.1) is 24.2 Å². The summed E-state index contributed by atoms with van der Waals surface area (Å²) in [7, 11) is -11.0. The number of pyridine rings is 1. The maximum atomic E-state index is 14.4. The van der Waals surface area contributed by atoms with Crippen molar-refractivity contribution in [2.24, 2.45) is 5.41 Å². The zero-order chi connectivity index (χ0) is 52.8. The second-order valence-electron chi connectivity index (χ2n) is 20.3. The third-order valence-electron chi connectivity index (χ3n) is 14.8. The number of alkyl halides is 3. The zero-order valence-corrected chi connectivity index (χ0v) is 46.4. The van der Waals surface area contributed by atoms with Crippen LogP contribution in [0.4, 0.5) is 24.5 Å². The minimum Gasteiger partial charge on any atom is -0.380 e. The molecule has 0 bridgehead atoms. The molecule has 4 aliphatic rings. The van der Waals surface area contributed by atoms with Crippen LogP contribution in [-0.2, 0) is 32.8 Å². The molecule has 1 aromatic heterocycles. The Labute approximate surface area is 460 Å². The van der Waals surface area contributed by atoms with Crippen LogP contribution in [0, 0.1) is 5.41 Å². The van der Waals surface area contributed by atoms with Gasteiger partial charge in [0, 0.05) is 124 Å². The van der Waals surface area contributed by atoms with E-state index < -0.39 is 52.8 Å². The Kier molecular flexibility index (Phi) is 18.9.